The van der Waals surface area contributed by atoms with Crippen LogP contribution in [0.3, 0.4) is 0 Å². The summed E-state index contributed by atoms with van der Waals surface area (Å²) in [6.07, 6.45) is 0. The highest BCUT2D eigenvalue weighted by atomic mass is 16.5. The molecule has 2 aromatic rings. The first kappa shape index (κ1) is 10.1. The number of furan rings is 1. The molecule has 0 spiro atoms. The Bertz CT molecular complexity index is 500. The second-order valence-corrected chi connectivity index (χ2v) is 3.70. The van der Waals surface area contributed by atoms with Gasteiger partial charge in [0.1, 0.15) is 5.76 Å². The predicted molar refractivity (Wildman–Crippen MR) is 60.1 cm³/mol. The fourth-order valence-electron chi connectivity index (χ4n) is 1.82. The van der Waals surface area contributed by atoms with Gasteiger partial charge >= 0.3 is 0 Å². The molecule has 0 fully saturated rings. The third kappa shape index (κ3) is 1.49. The Morgan fingerprint density at radius 3 is 2.67 bits per heavy atom. The van der Waals surface area contributed by atoms with Crippen LogP contribution in [0.2, 0.25) is 0 Å². The number of aryl methyl sites for hydroxylation is 2. The molecular weight excluding hydrogens is 190 g/mol. The molecule has 0 radical (unpaired) electrons. The van der Waals surface area contributed by atoms with E-state index in [4.69, 9.17) is 14.9 Å². The van der Waals surface area contributed by atoms with Crippen LogP contribution in [0, 0.1) is 13.8 Å². The van der Waals surface area contributed by atoms with Crippen LogP contribution in [0.5, 0.6) is 5.75 Å². The van der Waals surface area contributed by atoms with Crippen LogP contribution in [0.15, 0.2) is 16.5 Å². The Labute approximate surface area is 88.8 Å². The molecule has 0 saturated heterocycles. The summed E-state index contributed by atoms with van der Waals surface area (Å²) in [5, 5.41) is 1.09. The number of rotatable bonds is 2. The highest BCUT2D eigenvalue weighted by Crippen LogP contribution is 2.33. The monoisotopic (exact) mass is 205 g/mol. The Balaban J connectivity index is 2.81. The summed E-state index contributed by atoms with van der Waals surface area (Å²) in [6.45, 7) is 4.48. The van der Waals surface area contributed by atoms with E-state index >= 15 is 0 Å². The van der Waals surface area contributed by atoms with Crippen LogP contribution in [-0.4, -0.2) is 7.11 Å². The third-order valence-corrected chi connectivity index (χ3v) is 2.65. The molecule has 0 aliphatic rings. The first-order valence-electron chi connectivity index (χ1n) is 4.94. The number of benzene rings is 1. The van der Waals surface area contributed by atoms with Gasteiger partial charge in [0.2, 0.25) is 0 Å². The van der Waals surface area contributed by atoms with Gasteiger partial charge in [-0.3, -0.25) is 0 Å². The van der Waals surface area contributed by atoms with Crippen molar-refractivity contribution >= 4 is 11.0 Å². The number of methoxy groups -OCH3 is 1. The van der Waals surface area contributed by atoms with Crippen molar-refractivity contribution in [1.82, 2.24) is 0 Å². The van der Waals surface area contributed by atoms with Gasteiger partial charge < -0.3 is 14.9 Å². The zero-order chi connectivity index (χ0) is 11.0. The van der Waals surface area contributed by atoms with E-state index in [1.165, 1.54) is 0 Å². The standard InChI is InChI=1S/C12H15NO2/c1-7-4-9-8(2)11(6-13)15-12(9)10(5-7)14-3/h4-5H,6,13H2,1-3H3. The molecule has 2 N–H and O–H groups in total. The van der Waals surface area contributed by atoms with E-state index in [2.05, 4.69) is 6.07 Å². The maximum atomic E-state index is 5.68. The topological polar surface area (TPSA) is 48.4 Å². The molecule has 1 heterocycles. The second-order valence-electron chi connectivity index (χ2n) is 3.70. The van der Waals surface area contributed by atoms with E-state index in [0.717, 1.165) is 33.6 Å². The van der Waals surface area contributed by atoms with Crippen molar-refractivity contribution in [2.75, 3.05) is 7.11 Å². The van der Waals surface area contributed by atoms with Crippen LogP contribution in [0.4, 0.5) is 0 Å². The highest BCUT2D eigenvalue weighted by Gasteiger charge is 2.13. The maximum absolute atomic E-state index is 5.68. The fraction of sp³-hybridized carbons (Fsp3) is 0.333. The summed E-state index contributed by atoms with van der Waals surface area (Å²) >= 11 is 0. The summed E-state index contributed by atoms with van der Waals surface area (Å²) < 4.78 is 11.0. The zero-order valence-electron chi connectivity index (χ0n) is 9.26. The number of fused-ring (bicyclic) bond motifs is 1. The number of hydrogen-bond donors (Lipinski definition) is 1. The SMILES string of the molecule is COc1cc(C)cc2c(C)c(CN)oc12. The van der Waals surface area contributed by atoms with Gasteiger partial charge in [0.25, 0.3) is 0 Å². The molecule has 3 heteroatoms. The molecule has 0 bridgehead atoms. The van der Waals surface area contributed by atoms with Gasteiger partial charge in [0.15, 0.2) is 11.3 Å². The molecule has 0 atom stereocenters. The molecule has 3 nitrogen and oxygen atoms in total. The molecule has 0 saturated carbocycles. The summed E-state index contributed by atoms with van der Waals surface area (Å²) in [5.41, 5.74) is 8.67. The smallest absolute Gasteiger partial charge is 0.176 e. The van der Waals surface area contributed by atoms with Gasteiger partial charge in [0, 0.05) is 5.39 Å². The lowest BCUT2D eigenvalue weighted by Crippen LogP contribution is -1.95. The van der Waals surface area contributed by atoms with Gasteiger partial charge in [-0.25, -0.2) is 0 Å². The normalized spacial score (nSPS) is 10.9. The molecule has 0 unspecified atom stereocenters. The molecule has 0 aliphatic carbocycles. The Morgan fingerprint density at radius 1 is 1.33 bits per heavy atom. The van der Waals surface area contributed by atoms with Crippen LogP contribution in [0.25, 0.3) is 11.0 Å². The minimum atomic E-state index is 0.419. The van der Waals surface area contributed by atoms with Crippen molar-refractivity contribution in [3.05, 3.63) is 29.0 Å². The highest BCUT2D eigenvalue weighted by molar-refractivity contribution is 5.87. The largest absolute Gasteiger partial charge is 0.493 e. The van der Waals surface area contributed by atoms with E-state index in [9.17, 15) is 0 Å². The minimum Gasteiger partial charge on any atom is -0.493 e. The van der Waals surface area contributed by atoms with E-state index in [-0.39, 0.29) is 0 Å². The van der Waals surface area contributed by atoms with Gasteiger partial charge in [-0.05, 0) is 37.1 Å². The minimum absolute atomic E-state index is 0.419. The van der Waals surface area contributed by atoms with Gasteiger partial charge in [-0.2, -0.15) is 0 Å². The number of hydrogen-bond acceptors (Lipinski definition) is 3. The second kappa shape index (κ2) is 3.59. The van der Waals surface area contributed by atoms with Crippen molar-refractivity contribution in [2.45, 2.75) is 20.4 Å². The molecule has 0 aliphatic heterocycles. The molecule has 1 aromatic heterocycles. The van der Waals surface area contributed by atoms with E-state index in [1.54, 1.807) is 7.11 Å². The first-order valence-corrected chi connectivity index (χ1v) is 4.94. The van der Waals surface area contributed by atoms with E-state index in [0.29, 0.717) is 6.54 Å². The fourth-order valence-corrected chi connectivity index (χ4v) is 1.82. The maximum Gasteiger partial charge on any atom is 0.176 e. The van der Waals surface area contributed by atoms with Crippen LogP contribution in [-0.2, 0) is 6.54 Å². The van der Waals surface area contributed by atoms with Crippen molar-refractivity contribution in [1.29, 1.82) is 0 Å². The lowest BCUT2D eigenvalue weighted by molar-refractivity contribution is 0.407. The van der Waals surface area contributed by atoms with Crippen molar-refractivity contribution < 1.29 is 9.15 Å². The molecular formula is C12H15NO2. The van der Waals surface area contributed by atoms with Crippen molar-refractivity contribution in [3.63, 3.8) is 0 Å². The molecule has 2 rings (SSSR count). The third-order valence-electron chi connectivity index (χ3n) is 2.65. The average molecular weight is 205 g/mol. The molecule has 15 heavy (non-hydrogen) atoms. The average Bonchev–Trinajstić information content (AvgIpc) is 2.55. The number of ether oxygens (including phenoxy) is 1. The van der Waals surface area contributed by atoms with E-state index < -0.39 is 0 Å². The van der Waals surface area contributed by atoms with Crippen LogP contribution in [0.1, 0.15) is 16.9 Å². The Hall–Kier alpha value is -1.48. The van der Waals surface area contributed by atoms with Crippen LogP contribution >= 0.6 is 0 Å². The van der Waals surface area contributed by atoms with Crippen molar-refractivity contribution in [3.8, 4) is 5.75 Å². The lowest BCUT2D eigenvalue weighted by atomic mass is 10.1. The quantitative estimate of drug-likeness (QED) is 0.819. The summed E-state index contributed by atoms with van der Waals surface area (Å²) in [6, 6.07) is 4.06. The van der Waals surface area contributed by atoms with Crippen molar-refractivity contribution in [2.24, 2.45) is 5.73 Å². The lowest BCUT2D eigenvalue weighted by Gasteiger charge is -2.01. The van der Waals surface area contributed by atoms with Gasteiger partial charge in [-0.1, -0.05) is 0 Å². The van der Waals surface area contributed by atoms with E-state index in [1.807, 2.05) is 19.9 Å². The van der Waals surface area contributed by atoms with Gasteiger partial charge in [-0.15, -0.1) is 0 Å². The molecule has 80 valence electrons. The summed E-state index contributed by atoms with van der Waals surface area (Å²) in [4.78, 5) is 0. The zero-order valence-corrected chi connectivity index (χ0v) is 9.26. The van der Waals surface area contributed by atoms with Crippen LogP contribution < -0.4 is 10.5 Å². The summed E-state index contributed by atoms with van der Waals surface area (Å²) in [5.74, 6) is 1.60. The Kier molecular flexibility index (Phi) is 2.40. The van der Waals surface area contributed by atoms with Gasteiger partial charge in [0.05, 0.1) is 13.7 Å². The molecule has 1 aromatic carbocycles. The first-order chi connectivity index (χ1) is 7.17. The molecule has 0 amide bonds. The Morgan fingerprint density at radius 2 is 2.07 bits per heavy atom. The number of nitrogens with two attached hydrogens (primary N) is 1. The predicted octanol–water partition coefficient (Wildman–Crippen LogP) is 2.52. The summed E-state index contributed by atoms with van der Waals surface area (Å²) in [7, 11) is 1.65.